The van der Waals surface area contributed by atoms with Gasteiger partial charge in [-0.15, -0.1) is 11.3 Å². The van der Waals surface area contributed by atoms with Crippen LogP contribution < -0.4 is 11.1 Å². The van der Waals surface area contributed by atoms with E-state index in [4.69, 9.17) is 5.73 Å². The van der Waals surface area contributed by atoms with E-state index < -0.39 is 5.91 Å². The third-order valence-electron chi connectivity index (χ3n) is 5.78. The van der Waals surface area contributed by atoms with Crippen molar-refractivity contribution in [1.82, 2.24) is 9.80 Å². The summed E-state index contributed by atoms with van der Waals surface area (Å²) < 4.78 is 0. The van der Waals surface area contributed by atoms with Gasteiger partial charge >= 0.3 is 0 Å². The fourth-order valence-corrected chi connectivity index (χ4v) is 4.76. The lowest BCUT2D eigenvalue weighted by Crippen LogP contribution is -2.52. The molecule has 156 valence electrons. The summed E-state index contributed by atoms with van der Waals surface area (Å²) >= 11 is 1.31. The molecule has 6 nitrogen and oxygen atoms in total. The van der Waals surface area contributed by atoms with Crippen LogP contribution in [0.4, 0.5) is 5.00 Å². The maximum atomic E-state index is 12.7. The largest absolute Gasteiger partial charge is 0.366 e. The van der Waals surface area contributed by atoms with E-state index in [-0.39, 0.29) is 11.9 Å². The summed E-state index contributed by atoms with van der Waals surface area (Å²) in [4.78, 5) is 28.8. The number of piperazine rings is 1. The van der Waals surface area contributed by atoms with E-state index in [0.717, 1.165) is 32.7 Å². The van der Waals surface area contributed by atoms with Crippen LogP contribution in [-0.4, -0.2) is 53.8 Å². The molecule has 1 saturated heterocycles. The van der Waals surface area contributed by atoms with E-state index in [0.29, 0.717) is 10.6 Å². The monoisotopic (exact) mass is 422 g/mol. The molecule has 1 atom stereocenters. The molecule has 0 bridgehead atoms. The predicted octanol–water partition coefficient (Wildman–Crippen LogP) is 3.15. The molecule has 2 aromatic carbocycles. The summed E-state index contributed by atoms with van der Waals surface area (Å²) in [5.41, 5.74) is 7.07. The lowest BCUT2D eigenvalue weighted by molar-refractivity contribution is -0.121. The molecule has 1 aliphatic rings. The van der Waals surface area contributed by atoms with Crippen molar-refractivity contribution in [3.05, 3.63) is 65.0 Å². The average molecular weight is 423 g/mol. The van der Waals surface area contributed by atoms with Gasteiger partial charge in [-0.25, -0.2) is 0 Å². The van der Waals surface area contributed by atoms with Gasteiger partial charge in [-0.3, -0.25) is 19.4 Å². The first-order valence-corrected chi connectivity index (χ1v) is 11.0. The highest BCUT2D eigenvalue weighted by Crippen LogP contribution is 2.24. The number of primary amides is 1. The molecule has 3 aromatic rings. The molecule has 30 heavy (non-hydrogen) atoms. The zero-order valence-corrected chi connectivity index (χ0v) is 17.8. The number of nitrogens with two attached hydrogens (primary N) is 1. The Bertz CT molecular complexity index is 1050. The molecule has 7 heteroatoms. The minimum atomic E-state index is -0.527. The molecule has 0 radical (unpaired) electrons. The Morgan fingerprint density at radius 2 is 1.80 bits per heavy atom. The van der Waals surface area contributed by atoms with E-state index in [9.17, 15) is 9.59 Å². The minimum absolute atomic E-state index is 0.109. The Balaban J connectivity index is 1.34. The fourth-order valence-electron chi connectivity index (χ4n) is 3.96. The third kappa shape index (κ3) is 4.38. The predicted molar refractivity (Wildman–Crippen MR) is 122 cm³/mol. The van der Waals surface area contributed by atoms with Crippen molar-refractivity contribution in [3.63, 3.8) is 0 Å². The van der Waals surface area contributed by atoms with Crippen LogP contribution in [0, 0.1) is 0 Å². The first-order valence-electron chi connectivity index (χ1n) is 10.1. The molecule has 2 heterocycles. The van der Waals surface area contributed by atoms with Crippen molar-refractivity contribution in [2.75, 3.05) is 31.5 Å². The number of nitrogens with one attached hydrogen (secondary N) is 1. The molecule has 2 amide bonds. The number of hydrogen-bond acceptors (Lipinski definition) is 5. The number of nitrogens with zero attached hydrogens (tertiary/aromatic N) is 2. The van der Waals surface area contributed by atoms with Crippen LogP contribution in [-0.2, 0) is 11.3 Å². The number of fused-ring (bicyclic) bond motifs is 1. The summed E-state index contributed by atoms with van der Waals surface area (Å²) in [5.74, 6) is -0.635. The van der Waals surface area contributed by atoms with Crippen molar-refractivity contribution in [3.8, 4) is 0 Å². The smallest absolute Gasteiger partial charge is 0.251 e. The maximum Gasteiger partial charge on any atom is 0.251 e. The second kappa shape index (κ2) is 8.95. The normalized spacial score (nSPS) is 16.4. The van der Waals surface area contributed by atoms with Gasteiger partial charge in [0.15, 0.2) is 0 Å². The number of thiophene rings is 1. The standard InChI is InChI=1S/C23H26N4O2S/c1-16(22(29)25-23-20(21(24)28)9-14-30-23)27-12-10-26(11-13-27)15-18-7-4-6-17-5-2-3-8-19(17)18/h2-9,14,16H,10-13,15H2,1H3,(H2,24,28)(H,25,29). The number of benzene rings is 2. The highest BCUT2D eigenvalue weighted by atomic mass is 32.1. The Morgan fingerprint density at radius 1 is 1.07 bits per heavy atom. The number of rotatable bonds is 6. The van der Waals surface area contributed by atoms with Crippen LogP contribution in [0.25, 0.3) is 10.8 Å². The van der Waals surface area contributed by atoms with E-state index >= 15 is 0 Å². The molecular formula is C23H26N4O2S. The van der Waals surface area contributed by atoms with Crippen molar-refractivity contribution < 1.29 is 9.59 Å². The molecule has 1 aliphatic heterocycles. The summed E-state index contributed by atoms with van der Waals surface area (Å²) in [6.45, 7) is 6.29. The van der Waals surface area contributed by atoms with Gasteiger partial charge in [0, 0.05) is 32.7 Å². The first-order chi connectivity index (χ1) is 14.5. The van der Waals surface area contributed by atoms with Gasteiger partial charge in [0.05, 0.1) is 11.6 Å². The number of carbonyl (C=O) groups excluding carboxylic acids is 2. The van der Waals surface area contributed by atoms with Gasteiger partial charge in [0.2, 0.25) is 5.91 Å². The van der Waals surface area contributed by atoms with Crippen molar-refractivity contribution in [2.24, 2.45) is 5.73 Å². The average Bonchev–Trinajstić information content (AvgIpc) is 3.22. The van der Waals surface area contributed by atoms with Crippen molar-refractivity contribution >= 4 is 38.9 Å². The van der Waals surface area contributed by atoms with Crippen LogP contribution in [0.15, 0.2) is 53.9 Å². The zero-order chi connectivity index (χ0) is 21.1. The SMILES string of the molecule is CC(C(=O)Nc1sccc1C(N)=O)N1CCN(Cc2cccc3ccccc23)CC1. The van der Waals surface area contributed by atoms with Gasteiger partial charge in [-0.2, -0.15) is 0 Å². The molecule has 0 aliphatic carbocycles. The summed E-state index contributed by atoms with van der Waals surface area (Å²) in [7, 11) is 0. The number of amides is 2. The van der Waals surface area contributed by atoms with Gasteiger partial charge in [0.25, 0.3) is 5.91 Å². The van der Waals surface area contributed by atoms with E-state index in [2.05, 4.69) is 57.6 Å². The quantitative estimate of drug-likeness (QED) is 0.640. The van der Waals surface area contributed by atoms with Gasteiger partial charge in [-0.05, 0) is 34.7 Å². The fraction of sp³-hybridized carbons (Fsp3) is 0.304. The Hall–Kier alpha value is -2.74. The highest BCUT2D eigenvalue weighted by Gasteiger charge is 2.26. The lowest BCUT2D eigenvalue weighted by atomic mass is 10.0. The van der Waals surface area contributed by atoms with Crippen LogP contribution in [0.1, 0.15) is 22.8 Å². The zero-order valence-electron chi connectivity index (χ0n) is 17.0. The number of carbonyl (C=O) groups is 2. The van der Waals surface area contributed by atoms with Crippen molar-refractivity contribution in [2.45, 2.75) is 19.5 Å². The molecule has 3 N–H and O–H groups in total. The Morgan fingerprint density at radius 3 is 2.57 bits per heavy atom. The topological polar surface area (TPSA) is 78.7 Å². The minimum Gasteiger partial charge on any atom is -0.366 e. The molecule has 1 unspecified atom stereocenters. The first kappa shape index (κ1) is 20.5. The van der Waals surface area contributed by atoms with Gasteiger partial charge in [0.1, 0.15) is 5.00 Å². The van der Waals surface area contributed by atoms with Crippen LogP contribution in [0.5, 0.6) is 0 Å². The summed E-state index contributed by atoms with van der Waals surface area (Å²) in [6.07, 6.45) is 0. The molecule has 1 fully saturated rings. The van der Waals surface area contributed by atoms with Gasteiger partial charge in [-0.1, -0.05) is 42.5 Å². The van der Waals surface area contributed by atoms with Crippen LogP contribution in [0.2, 0.25) is 0 Å². The second-order valence-electron chi connectivity index (χ2n) is 7.64. The lowest BCUT2D eigenvalue weighted by Gasteiger charge is -2.37. The Labute approximate surface area is 180 Å². The van der Waals surface area contributed by atoms with E-state index in [1.54, 1.807) is 11.4 Å². The summed E-state index contributed by atoms with van der Waals surface area (Å²) in [5, 5.41) is 7.71. The number of anilines is 1. The third-order valence-corrected chi connectivity index (χ3v) is 6.61. The van der Waals surface area contributed by atoms with E-state index in [1.807, 2.05) is 6.92 Å². The van der Waals surface area contributed by atoms with Crippen molar-refractivity contribution in [1.29, 1.82) is 0 Å². The maximum absolute atomic E-state index is 12.7. The Kier molecular flexibility index (Phi) is 6.13. The van der Waals surface area contributed by atoms with Crippen LogP contribution in [0.3, 0.4) is 0 Å². The molecule has 4 rings (SSSR count). The second-order valence-corrected chi connectivity index (χ2v) is 8.56. The molecule has 0 saturated carbocycles. The molecular weight excluding hydrogens is 396 g/mol. The highest BCUT2D eigenvalue weighted by molar-refractivity contribution is 7.14. The molecule has 0 spiro atoms. The van der Waals surface area contributed by atoms with Crippen LogP contribution >= 0.6 is 11.3 Å². The molecule has 1 aromatic heterocycles. The van der Waals surface area contributed by atoms with E-state index in [1.165, 1.54) is 27.7 Å². The summed E-state index contributed by atoms with van der Waals surface area (Å²) in [6, 6.07) is 16.3. The number of hydrogen-bond donors (Lipinski definition) is 2. The van der Waals surface area contributed by atoms with Gasteiger partial charge < -0.3 is 11.1 Å².